The molecule has 0 aromatic rings. The lowest BCUT2D eigenvalue weighted by molar-refractivity contribution is 0.254. The summed E-state index contributed by atoms with van der Waals surface area (Å²) < 4.78 is 0. The third-order valence-electron chi connectivity index (χ3n) is 7.84. The number of unbranched alkanes of at least 4 members (excludes halogenated alkanes) is 4. The van der Waals surface area contributed by atoms with Crippen molar-refractivity contribution in [2.45, 2.75) is 212 Å². The van der Waals surface area contributed by atoms with E-state index in [9.17, 15) is 0 Å². The van der Waals surface area contributed by atoms with Gasteiger partial charge in [-0.2, -0.15) is 0 Å². The predicted molar refractivity (Wildman–Crippen MR) is 183 cm³/mol. The van der Waals surface area contributed by atoms with Crippen LogP contribution >= 0.6 is 0 Å². The van der Waals surface area contributed by atoms with Crippen molar-refractivity contribution in [1.29, 1.82) is 0 Å². The van der Waals surface area contributed by atoms with Crippen LogP contribution in [0.4, 0.5) is 0 Å². The minimum absolute atomic E-state index is 0.727. The summed E-state index contributed by atoms with van der Waals surface area (Å²) in [4.78, 5) is 0. The smallest absolute Gasteiger partial charge is 0.00900 e. The maximum atomic E-state index is 3.75. The Bertz CT molecular complexity index is 354. The molecule has 0 bridgehead atoms. The molecule has 1 aliphatic rings. The van der Waals surface area contributed by atoms with Crippen LogP contribution in [0.1, 0.15) is 206 Å². The van der Waals surface area contributed by atoms with Gasteiger partial charge in [0, 0.05) is 6.04 Å². The normalized spacial score (nSPS) is 15.3. The fourth-order valence-corrected chi connectivity index (χ4v) is 5.39. The standard InChI is InChI=1S/C23H47N.C7H16.C3H8.2C2H6/c1-6-18-24-23(7-2)20(5)12-11-15-22(19(3)4)17-16-21-13-9-8-10-14-21;1-3-5-7-6-4-2;1-3-2;2*1-2/h19-24H,6-18H2,1-5H3;3-7H2,1-2H3;3H2,1-2H3;2*1-2H3. The van der Waals surface area contributed by atoms with E-state index >= 15 is 0 Å². The first-order valence-corrected chi connectivity index (χ1v) is 18.1. The monoisotopic (exact) mass is 542 g/mol. The summed E-state index contributed by atoms with van der Waals surface area (Å²) in [6, 6.07) is 0.727. The second-order valence-corrected chi connectivity index (χ2v) is 11.7. The highest BCUT2D eigenvalue weighted by atomic mass is 14.9. The molecule has 0 spiro atoms. The Kier molecular flexibility index (Phi) is 46.3. The summed E-state index contributed by atoms with van der Waals surface area (Å²) in [5, 5.41) is 3.75. The Hall–Kier alpha value is -0.0400. The summed E-state index contributed by atoms with van der Waals surface area (Å²) in [7, 11) is 0. The molecule has 1 nitrogen and oxygen atoms in total. The molecular formula is C37H83N. The molecule has 3 unspecified atom stereocenters. The maximum Gasteiger partial charge on any atom is 0.00900 e. The minimum Gasteiger partial charge on any atom is -0.314 e. The zero-order chi connectivity index (χ0) is 30.0. The molecule has 1 heteroatoms. The summed E-state index contributed by atoms with van der Waals surface area (Å²) >= 11 is 0. The molecule has 0 aromatic carbocycles. The van der Waals surface area contributed by atoms with E-state index in [0.29, 0.717) is 0 Å². The van der Waals surface area contributed by atoms with Crippen LogP contribution in [-0.4, -0.2) is 12.6 Å². The first-order chi connectivity index (χ1) is 18.4. The summed E-state index contributed by atoms with van der Waals surface area (Å²) in [6.07, 6.45) is 25.6. The van der Waals surface area contributed by atoms with Gasteiger partial charge >= 0.3 is 0 Å². The van der Waals surface area contributed by atoms with Crippen molar-refractivity contribution in [3.05, 3.63) is 0 Å². The Morgan fingerprint density at radius 2 is 1.16 bits per heavy atom. The van der Waals surface area contributed by atoms with Gasteiger partial charge in [0.1, 0.15) is 0 Å². The molecule has 1 fully saturated rings. The molecule has 0 aromatic heterocycles. The van der Waals surface area contributed by atoms with Crippen LogP contribution < -0.4 is 5.32 Å². The Labute approximate surface area is 246 Å². The Balaban J connectivity index is -0.000000343. The molecule has 0 aliphatic heterocycles. The molecule has 3 atom stereocenters. The van der Waals surface area contributed by atoms with Crippen molar-refractivity contribution >= 4 is 0 Å². The second kappa shape index (κ2) is 39.1. The summed E-state index contributed by atoms with van der Waals surface area (Å²) in [6.45, 7) is 29.9. The van der Waals surface area contributed by atoms with Crippen molar-refractivity contribution in [1.82, 2.24) is 5.32 Å². The van der Waals surface area contributed by atoms with E-state index in [-0.39, 0.29) is 0 Å². The average molecular weight is 542 g/mol. The molecule has 1 N–H and O–H groups in total. The summed E-state index contributed by atoms with van der Waals surface area (Å²) in [5.74, 6) is 3.71. The maximum absolute atomic E-state index is 3.75. The first-order valence-electron chi connectivity index (χ1n) is 18.1. The summed E-state index contributed by atoms with van der Waals surface area (Å²) in [5.41, 5.74) is 0. The highest BCUT2D eigenvalue weighted by molar-refractivity contribution is 4.74. The Morgan fingerprint density at radius 3 is 1.58 bits per heavy atom. The zero-order valence-electron chi connectivity index (χ0n) is 29.8. The van der Waals surface area contributed by atoms with E-state index in [1.54, 1.807) is 0 Å². The lowest BCUT2D eigenvalue weighted by Gasteiger charge is -2.28. The van der Waals surface area contributed by atoms with Crippen molar-refractivity contribution < 1.29 is 0 Å². The van der Waals surface area contributed by atoms with E-state index in [0.717, 1.165) is 29.7 Å². The van der Waals surface area contributed by atoms with Crippen LogP contribution in [-0.2, 0) is 0 Å². The fourth-order valence-electron chi connectivity index (χ4n) is 5.39. The molecule has 236 valence electrons. The van der Waals surface area contributed by atoms with Crippen LogP contribution in [0.25, 0.3) is 0 Å². The SMILES string of the molecule is CC.CC.CCC.CCCCCCC.CCCNC(CC)C(C)CCCC(CCC1CCCCC1)C(C)C. The van der Waals surface area contributed by atoms with Gasteiger partial charge in [-0.1, -0.05) is 180 Å². The van der Waals surface area contributed by atoms with Gasteiger partial charge in [-0.25, -0.2) is 0 Å². The fraction of sp³-hybridized carbons (Fsp3) is 1.00. The quantitative estimate of drug-likeness (QED) is 0.180. The highest BCUT2D eigenvalue weighted by Gasteiger charge is 2.20. The number of hydrogen-bond acceptors (Lipinski definition) is 1. The van der Waals surface area contributed by atoms with E-state index < -0.39 is 0 Å². The van der Waals surface area contributed by atoms with Gasteiger partial charge in [-0.05, 0) is 55.9 Å². The van der Waals surface area contributed by atoms with Gasteiger partial charge in [-0.15, -0.1) is 0 Å². The molecule has 1 saturated carbocycles. The van der Waals surface area contributed by atoms with Crippen molar-refractivity contribution in [3.8, 4) is 0 Å². The minimum atomic E-state index is 0.727. The molecule has 1 aliphatic carbocycles. The van der Waals surface area contributed by atoms with E-state index in [2.05, 4.69) is 67.6 Å². The van der Waals surface area contributed by atoms with Crippen LogP contribution in [0.3, 0.4) is 0 Å². The molecular weight excluding hydrogens is 458 g/mol. The molecule has 0 amide bonds. The molecule has 38 heavy (non-hydrogen) atoms. The van der Waals surface area contributed by atoms with Gasteiger partial charge in [-0.3, -0.25) is 0 Å². The average Bonchev–Trinajstić information content (AvgIpc) is 2.94. The predicted octanol–water partition coefficient (Wildman–Crippen LogP) is 13.6. The zero-order valence-corrected chi connectivity index (χ0v) is 29.8. The van der Waals surface area contributed by atoms with Crippen molar-refractivity contribution in [2.24, 2.45) is 23.7 Å². The largest absolute Gasteiger partial charge is 0.314 e. The third kappa shape index (κ3) is 32.2. The third-order valence-corrected chi connectivity index (χ3v) is 7.84. The number of rotatable bonds is 17. The van der Waals surface area contributed by atoms with Gasteiger partial charge in [0.25, 0.3) is 0 Å². The number of hydrogen-bond donors (Lipinski definition) is 1. The van der Waals surface area contributed by atoms with E-state index in [1.807, 2.05) is 27.7 Å². The first kappa shape index (κ1) is 45.0. The number of nitrogens with one attached hydrogen (secondary N) is 1. The van der Waals surface area contributed by atoms with Gasteiger partial charge in [0.05, 0.1) is 0 Å². The van der Waals surface area contributed by atoms with E-state index in [4.69, 9.17) is 0 Å². The lowest BCUT2D eigenvalue weighted by Crippen LogP contribution is -2.35. The topological polar surface area (TPSA) is 12.0 Å². The molecule has 0 saturated heterocycles. The molecule has 1 rings (SSSR count). The van der Waals surface area contributed by atoms with E-state index in [1.165, 1.54) is 122 Å². The lowest BCUT2D eigenvalue weighted by atomic mass is 9.79. The van der Waals surface area contributed by atoms with Gasteiger partial charge in [0.15, 0.2) is 0 Å². The highest BCUT2D eigenvalue weighted by Crippen LogP contribution is 2.32. The van der Waals surface area contributed by atoms with Gasteiger partial charge in [0.2, 0.25) is 0 Å². The van der Waals surface area contributed by atoms with Crippen LogP contribution in [0.5, 0.6) is 0 Å². The second-order valence-electron chi connectivity index (χ2n) is 11.7. The van der Waals surface area contributed by atoms with Crippen LogP contribution in [0.15, 0.2) is 0 Å². The van der Waals surface area contributed by atoms with Crippen molar-refractivity contribution in [3.63, 3.8) is 0 Å². The van der Waals surface area contributed by atoms with Crippen LogP contribution in [0, 0.1) is 23.7 Å². The van der Waals surface area contributed by atoms with Crippen molar-refractivity contribution in [2.75, 3.05) is 6.54 Å². The molecule has 0 radical (unpaired) electrons. The van der Waals surface area contributed by atoms with Crippen LogP contribution in [0.2, 0.25) is 0 Å². The Morgan fingerprint density at radius 1 is 0.632 bits per heavy atom. The van der Waals surface area contributed by atoms with Gasteiger partial charge < -0.3 is 5.32 Å². The molecule has 0 heterocycles.